The van der Waals surface area contributed by atoms with Gasteiger partial charge in [-0.05, 0) is 210 Å². The van der Waals surface area contributed by atoms with E-state index in [1.165, 1.54) is 46.4 Å². The van der Waals surface area contributed by atoms with Crippen molar-refractivity contribution < 1.29 is 121 Å². The first kappa shape index (κ1) is 123. The van der Waals surface area contributed by atoms with Crippen LogP contribution in [0.15, 0.2) is 0 Å². The summed E-state index contributed by atoms with van der Waals surface area (Å²) in [6.45, 7) is 11.9. The number of amides is 20. The molecule has 0 spiro atoms. The Kier molecular flexibility index (Phi) is 56.7. The molecule has 0 aromatic rings. The van der Waals surface area contributed by atoms with E-state index in [1.54, 1.807) is 20.9 Å². The molecule has 0 bridgehead atoms. The minimum Gasteiger partial charge on any atom is -0.480 e. The smallest absolute Gasteiger partial charge is 0.322 e. The molecule has 20 amide bonds. The molecule has 0 radical (unpaired) electrons. The van der Waals surface area contributed by atoms with Crippen LogP contribution in [0.4, 0.5) is 0 Å². The van der Waals surface area contributed by atoms with Crippen LogP contribution in [0.25, 0.3) is 0 Å². The summed E-state index contributed by atoms with van der Waals surface area (Å²) in [4.78, 5) is 288. The second-order valence-electron chi connectivity index (χ2n) is 35.1. The monoisotopic (exact) mass is 1990 g/mol. The summed E-state index contributed by atoms with van der Waals surface area (Å²) < 4.78 is 0. The van der Waals surface area contributed by atoms with Gasteiger partial charge in [0.15, 0.2) is 11.9 Å². The highest BCUT2D eigenvalue weighted by Crippen LogP contribution is 2.22. The van der Waals surface area contributed by atoms with Crippen LogP contribution in [-0.2, 0) is 101 Å². The van der Waals surface area contributed by atoms with E-state index in [0.717, 1.165) is 18.7 Å². The van der Waals surface area contributed by atoms with Crippen molar-refractivity contribution in [3.8, 4) is 0 Å². The van der Waals surface area contributed by atoms with Crippen LogP contribution in [0.5, 0.6) is 0 Å². The van der Waals surface area contributed by atoms with Gasteiger partial charge in [0.25, 0.3) is 0 Å². The molecule has 140 heavy (non-hydrogen) atoms. The predicted molar refractivity (Wildman–Crippen MR) is 504 cm³/mol. The third kappa shape index (κ3) is 45.4. The van der Waals surface area contributed by atoms with Gasteiger partial charge in [-0.2, -0.15) is 0 Å². The van der Waals surface area contributed by atoms with E-state index in [-0.39, 0.29) is 141 Å². The molecule has 2 aliphatic rings. The lowest BCUT2D eigenvalue weighted by Gasteiger charge is -2.29. The number of hydrogen-bond acceptors (Lipinski definition) is 30. The minimum atomic E-state index is -1.85. The van der Waals surface area contributed by atoms with Gasteiger partial charge in [-0.15, -0.1) is 0 Å². The number of guanidine groups is 2. The van der Waals surface area contributed by atoms with Crippen molar-refractivity contribution in [2.45, 2.75) is 319 Å². The minimum absolute atomic E-state index is 0.00252. The van der Waals surface area contributed by atoms with Crippen LogP contribution in [0.1, 0.15) is 198 Å². The Morgan fingerprint density at radius 1 is 0.364 bits per heavy atom. The molecule has 2 rings (SSSR count). The number of carboxylic acid groups (broad SMARTS) is 1. The molecule has 0 aromatic heterocycles. The lowest BCUT2D eigenvalue weighted by molar-refractivity contribution is -0.142. The summed E-state index contributed by atoms with van der Waals surface area (Å²) in [7, 11) is 1.67. The number of aliphatic hydroxyl groups is 3. The third-order valence-electron chi connectivity index (χ3n) is 22.5. The third-order valence-corrected chi connectivity index (χ3v) is 22.5. The number of unbranched alkanes of at least 4 members (excludes halogenated alkanes) is 3. The van der Waals surface area contributed by atoms with Crippen molar-refractivity contribution in [2.75, 3.05) is 72.6 Å². The number of likely N-dealkylation sites (tertiary alicyclic amines) is 2. The topological polar surface area (TPSA) is 890 Å². The first-order valence-corrected chi connectivity index (χ1v) is 47.0. The van der Waals surface area contributed by atoms with Gasteiger partial charge in [0.05, 0.1) is 31.4 Å². The molecule has 20 atom stereocenters. The average molecular weight is 1990 g/mol. The Hall–Kier alpha value is -12.9. The largest absolute Gasteiger partial charge is 0.480 e. The highest BCUT2D eigenvalue weighted by molar-refractivity contribution is 6.02. The Morgan fingerprint density at radius 2 is 0.707 bits per heavy atom. The molecule has 2 fully saturated rings. The van der Waals surface area contributed by atoms with Gasteiger partial charge >= 0.3 is 5.97 Å². The van der Waals surface area contributed by atoms with Gasteiger partial charge in [-0.25, -0.2) is 0 Å². The number of carbonyl (C=O) groups is 21. The molecule has 0 aliphatic carbocycles. The second kappa shape index (κ2) is 64.4. The van der Waals surface area contributed by atoms with Crippen molar-refractivity contribution in [3.63, 3.8) is 0 Å². The van der Waals surface area contributed by atoms with E-state index >= 15 is 0 Å². The standard InChI is InChI=1S/C85H152N30O25/c1-42(2)38-57(110-75(132)56(29-30-61(89)119)107-71(128)52(23-13-16-32-87)105-73(130)55(26-19-35-96-85(92)93)108-79(136)60-28-20-36-114(60)82(139)43(3)88)76(133)101-46(6)68(125)113-65(50(10)118)81(138)109-51(22-12-15-31-86)70(127)100-44(4)66(123)99-45(5)67(124)104-54(25-18-34-95-84(90)91)72(129)106-53(24-14-17-33-94-11)74(131)111-58(41-116)77(134)103-48(8)83(140)115-37-21-27-59(115)78(135)102-47(7)69(126)112-64(49(9)117)80(137)98-39-62(120)97-40-63(121)122/h42-60,64-65,94,116-118H,12-41,86-88H2,1-11H3,(H2,89,119)(H,97,120)(H,98,137)(H,99,123)(H,100,127)(H,101,133)(H,102,135)(H,103,134)(H,104,124)(H,105,130)(H,106,129)(H,107,128)(H,108,136)(H,109,138)(H,110,132)(H,111,131)(H,112,126)(H,113,125)(H,121,122)(H4,90,91,95)(H4,92,93,96). The summed E-state index contributed by atoms with van der Waals surface area (Å²) in [6.07, 6.45) is -1.65. The summed E-state index contributed by atoms with van der Waals surface area (Å²) in [5, 5.41) is 105. The number of nitrogens with two attached hydrogens (primary N) is 6. The van der Waals surface area contributed by atoms with Crippen LogP contribution in [0, 0.1) is 16.7 Å². The van der Waals surface area contributed by atoms with Crippen molar-refractivity contribution in [1.29, 1.82) is 10.8 Å². The van der Waals surface area contributed by atoms with Gasteiger partial charge in [0.2, 0.25) is 118 Å². The number of nitrogens with zero attached hydrogens (tertiary/aromatic N) is 2. The molecule has 2 aliphatic heterocycles. The molecule has 55 heteroatoms. The Bertz CT molecular complexity index is 4200. The van der Waals surface area contributed by atoms with Crippen LogP contribution in [0.2, 0.25) is 0 Å². The van der Waals surface area contributed by atoms with Gasteiger partial charge in [0, 0.05) is 32.6 Å². The molecule has 792 valence electrons. The number of aliphatic carboxylic acids is 1. The zero-order valence-electron chi connectivity index (χ0n) is 81.6. The average Bonchev–Trinajstić information content (AvgIpc) is 1.69. The molecule has 0 saturated carbocycles. The zero-order valence-corrected chi connectivity index (χ0v) is 81.6. The Morgan fingerprint density at radius 3 is 1.12 bits per heavy atom. The Balaban J connectivity index is 2.33. The fourth-order valence-corrected chi connectivity index (χ4v) is 14.6. The lowest BCUT2D eigenvalue weighted by atomic mass is 10.0. The van der Waals surface area contributed by atoms with Crippen LogP contribution in [-0.4, -0.2) is 360 Å². The number of rotatable bonds is 66. The molecular formula is C85H152N30O25. The van der Waals surface area contributed by atoms with Gasteiger partial charge in [0.1, 0.15) is 109 Å². The second-order valence-corrected chi connectivity index (χ2v) is 35.1. The molecular weight excluding hydrogens is 1840 g/mol. The normalized spacial score (nSPS) is 17.2. The fraction of sp³-hybridized carbons (Fsp3) is 0.729. The first-order valence-electron chi connectivity index (χ1n) is 47.0. The fourth-order valence-electron chi connectivity index (χ4n) is 14.6. The van der Waals surface area contributed by atoms with E-state index in [1.807, 2.05) is 5.32 Å². The van der Waals surface area contributed by atoms with Crippen LogP contribution in [0.3, 0.4) is 0 Å². The first-order chi connectivity index (χ1) is 65.8. The maximum absolute atomic E-state index is 14.4. The highest BCUT2D eigenvalue weighted by Gasteiger charge is 2.43. The number of carbonyl (C=O) groups excluding carboxylic acids is 20. The van der Waals surface area contributed by atoms with E-state index < -0.39 is 284 Å². The van der Waals surface area contributed by atoms with Gasteiger partial charge in [-0.3, -0.25) is 112 Å². The molecule has 2 saturated heterocycles. The zero-order chi connectivity index (χ0) is 106. The molecule has 2 heterocycles. The quantitative estimate of drug-likeness (QED) is 0.0153. The summed E-state index contributed by atoms with van der Waals surface area (Å²) >= 11 is 0. The summed E-state index contributed by atoms with van der Waals surface area (Å²) in [5.74, 6) is -21.1. The van der Waals surface area contributed by atoms with Crippen molar-refractivity contribution in [3.05, 3.63) is 0 Å². The number of carboxylic acids is 1. The van der Waals surface area contributed by atoms with E-state index in [2.05, 4.69) is 101 Å². The van der Waals surface area contributed by atoms with E-state index in [9.17, 15) is 116 Å². The summed E-state index contributed by atoms with van der Waals surface area (Å²) in [5.41, 5.74) is 33.9. The number of primary amides is 1. The van der Waals surface area contributed by atoms with E-state index in [4.69, 9.17) is 50.3 Å². The number of hydrogen-bond donors (Lipinski definition) is 32. The van der Waals surface area contributed by atoms with Gasteiger partial charge in [-0.1, -0.05) is 13.8 Å². The SMILES string of the molecule is CNCCCCC(NC(=O)C(CCCNC(=N)N)NC(=O)C(C)NC(=O)C(C)NC(=O)C(CCCCN)NC(=O)C(NC(=O)C(C)NC(=O)C(CC(C)C)NC(=O)C(CCC(N)=O)NC(=O)C(CCCCN)NC(=O)C(CCCNC(=N)N)NC(=O)C1CCCN1C(=O)C(C)N)C(C)O)C(=O)NC(CO)C(=O)NC(C)C(=O)N1CCCC1C(=O)NC(C)C(=O)NC(C(=O)NCC(=O)NCC(=O)O)C(C)O. The maximum Gasteiger partial charge on any atom is 0.322 e. The molecule has 38 N–H and O–H groups in total. The van der Waals surface area contributed by atoms with Crippen LogP contribution >= 0.6 is 0 Å². The number of aliphatic hydroxyl groups excluding tert-OH is 3. The van der Waals surface area contributed by atoms with Crippen molar-refractivity contribution >= 4 is 136 Å². The van der Waals surface area contributed by atoms with Crippen molar-refractivity contribution in [1.82, 2.24) is 116 Å². The van der Waals surface area contributed by atoms with E-state index in [0.29, 0.717) is 32.2 Å². The maximum atomic E-state index is 14.4. The van der Waals surface area contributed by atoms with Crippen molar-refractivity contribution in [2.24, 2.45) is 40.3 Å². The van der Waals surface area contributed by atoms with Gasteiger partial charge < -0.3 is 171 Å². The highest BCUT2D eigenvalue weighted by atomic mass is 16.4. The molecule has 20 unspecified atom stereocenters. The molecule has 55 nitrogen and oxygen atoms in total. The number of nitrogens with one attached hydrogen (secondary N) is 22. The Labute approximate surface area is 812 Å². The molecule has 0 aromatic carbocycles. The predicted octanol–water partition coefficient (Wildman–Crippen LogP) is -12.8. The lowest BCUT2D eigenvalue weighted by Crippen LogP contribution is -2.61. The van der Waals surface area contributed by atoms with Crippen LogP contribution < -0.4 is 141 Å². The summed E-state index contributed by atoms with van der Waals surface area (Å²) in [6, 6.07) is -26.1.